The van der Waals surface area contributed by atoms with Crippen molar-refractivity contribution in [3.63, 3.8) is 0 Å². The van der Waals surface area contributed by atoms with Crippen molar-refractivity contribution in [2.45, 2.75) is 0 Å². The molecule has 3 aromatic rings. The molecule has 0 bridgehead atoms. The Bertz CT molecular complexity index is 756. The summed E-state index contributed by atoms with van der Waals surface area (Å²) < 4.78 is 10.6. The zero-order valence-corrected chi connectivity index (χ0v) is 12.5. The fourth-order valence-corrected chi connectivity index (χ4v) is 2.24. The van der Waals surface area contributed by atoms with Gasteiger partial charge in [0.2, 0.25) is 5.88 Å². The van der Waals surface area contributed by atoms with Crippen LogP contribution < -0.4 is 9.47 Å². The van der Waals surface area contributed by atoms with Crippen LogP contribution in [0.15, 0.2) is 60.8 Å². The number of benzene rings is 1. The zero-order chi connectivity index (χ0) is 15.4. The van der Waals surface area contributed by atoms with Gasteiger partial charge in [-0.1, -0.05) is 18.2 Å². The van der Waals surface area contributed by atoms with Gasteiger partial charge in [-0.15, -0.1) is 0 Å². The molecular weight excluding hydrogens is 276 g/mol. The molecule has 110 valence electrons. The average Bonchev–Trinajstić information content (AvgIpc) is 2.62. The topological polar surface area (TPSA) is 44.2 Å². The van der Waals surface area contributed by atoms with Gasteiger partial charge in [-0.25, -0.2) is 4.98 Å². The lowest BCUT2D eigenvalue weighted by Crippen LogP contribution is -1.95. The molecule has 0 radical (unpaired) electrons. The first-order valence-corrected chi connectivity index (χ1v) is 6.92. The lowest BCUT2D eigenvalue weighted by Gasteiger charge is -2.10. The molecule has 0 atom stereocenters. The molecule has 2 heterocycles. The number of ether oxygens (including phenoxy) is 2. The Morgan fingerprint density at radius 1 is 0.773 bits per heavy atom. The number of nitrogens with zero attached hydrogens (tertiary/aromatic N) is 2. The largest absolute Gasteiger partial charge is 0.497 e. The second-order valence-electron chi connectivity index (χ2n) is 4.70. The van der Waals surface area contributed by atoms with Crippen molar-refractivity contribution >= 4 is 0 Å². The second kappa shape index (κ2) is 6.26. The van der Waals surface area contributed by atoms with Gasteiger partial charge in [0.15, 0.2) is 0 Å². The van der Waals surface area contributed by atoms with Crippen molar-refractivity contribution in [3.8, 4) is 34.1 Å². The average molecular weight is 292 g/mol. The predicted molar refractivity (Wildman–Crippen MR) is 86.0 cm³/mol. The first-order valence-electron chi connectivity index (χ1n) is 6.92. The Hall–Kier alpha value is -2.88. The highest BCUT2D eigenvalue weighted by Gasteiger charge is 2.10. The minimum Gasteiger partial charge on any atom is -0.497 e. The Kier molecular flexibility index (Phi) is 4.01. The highest BCUT2D eigenvalue weighted by atomic mass is 16.5. The Morgan fingerprint density at radius 2 is 1.59 bits per heavy atom. The Morgan fingerprint density at radius 3 is 2.23 bits per heavy atom. The van der Waals surface area contributed by atoms with Crippen LogP contribution in [0.3, 0.4) is 0 Å². The molecule has 0 saturated carbocycles. The van der Waals surface area contributed by atoms with Gasteiger partial charge in [0, 0.05) is 11.8 Å². The number of rotatable bonds is 4. The molecule has 0 aliphatic heterocycles. The lowest BCUT2D eigenvalue weighted by molar-refractivity contribution is 0.400. The molecule has 2 aromatic heterocycles. The van der Waals surface area contributed by atoms with Gasteiger partial charge in [0.1, 0.15) is 5.75 Å². The Balaban J connectivity index is 2.02. The molecule has 0 N–H and O–H groups in total. The molecule has 1 aromatic carbocycles. The molecule has 3 rings (SSSR count). The molecule has 0 saturated heterocycles. The van der Waals surface area contributed by atoms with Crippen LogP contribution in [0.5, 0.6) is 11.6 Å². The second-order valence-corrected chi connectivity index (χ2v) is 4.70. The molecule has 0 aliphatic rings. The van der Waals surface area contributed by atoms with Crippen molar-refractivity contribution in [1.82, 2.24) is 9.97 Å². The molecule has 4 nitrogen and oxygen atoms in total. The normalized spacial score (nSPS) is 10.3. The van der Waals surface area contributed by atoms with Crippen LogP contribution in [0.2, 0.25) is 0 Å². The summed E-state index contributed by atoms with van der Waals surface area (Å²) in [6.45, 7) is 0. The number of aromatic nitrogens is 2. The van der Waals surface area contributed by atoms with Gasteiger partial charge in [-0.3, -0.25) is 4.98 Å². The molecule has 22 heavy (non-hydrogen) atoms. The summed E-state index contributed by atoms with van der Waals surface area (Å²) in [7, 11) is 3.27. The lowest BCUT2D eigenvalue weighted by atomic mass is 10.1. The molecule has 0 aliphatic carbocycles. The maximum absolute atomic E-state index is 5.45. The van der Waals surface area contributed by atoms with Crippen LogP contribution in [0, 0.1) is 0 Å². The number of methoxy groups -OCH3 is 2. The van der Waals surface area contributed by atoms with Crippen LogP contribution in [0.1, 0.15) is 0 Å². The van der Waals surface area contributed by atoms with E-state index in [2.05, 4.69) is 9.97 Å². The summed E-state index contributed by atoms with van der Waals surface area (Å²) in [5, 5.41) is 0. The first kappa shape index (κ1) is 14.1. The number of hydrogen-bond acceptors (Lipinski definition) is 4. The fraction of sp³-hybridized carbons (Fsp3) is 0.111. The van der Waals surface area contributed by atoms with Crippen LogP contribution in [0.4, 0.5) is 0 Å². The van der Waals surface area contributed by atoms with Gasteiger partial charge in [-0.2, -0.15) is 0 Å². The van der Waals surface area contributed by atoms with E-state index >= 15 is 0 Å². The summed E-state index contributed by atoms with van der Waals surface area (Å²) in [5.74, 6) is 1.40. The van der Waals surface area contributed by atoms with Gasteiger partial charge in [0.25, 0.3) is 0 Å². The van der Waals surface area contributed by atoms with Crippen molar-refractivity contribution in [2.75, 3.05) is 14.2 Å². The van der Waals surface area contributed by atoms with Crippen molar-refractivity contribution in [3.05, 3.63) is 60.8 Å². The van der Waals surface area contributed by atoms with Gasteiger partial charge < -0.3 is 9.47 Å². The first-order chi connectivity index (χ1) is 10.8. The molecule has 0 amide bonds. The Labute approximate surface area is 129 Å². The van der Waals surface area contributed by atoms with Crippen LogP contribution >= 0.6 is 0 Å². The quantitative estimate of drug-likeness (QED) is 0.733. The van der Waals surface area contributed by atoms with E-state index in [4.69, 9.17) is 9.47 Å². The summed E-state index contributed by atoms with van der Waals surface area (Å²) in [4.78, 5) is 8.88. The molecular formula is C18H16N2O2. The third kappa shape index (κ3) is 2.76. The standard InChI is InChI=1S/C18H16N2O2/c1-21-14-8-6-13(7-9-14)15-10-11-17(20-18(15)22-2)16-5-3-4-12-19-16/h3-12H,1-2H3. The van der Waals surface area contributed by atoms with Crippen LogP contribution in [-0.2, 0) is 0 Å². The molecule has 4 heteroatoms. The minimum absolute atomic E-state index is 0.577. The van der Waals surface area contributed by atoms with E-state index in [1.165, 1.54) is 0 Å². The molecule has 0 unspecified atom stereocenters. The van der Waals surface area contributed by atoms with Crippen molar-refractivity contribution in [2.24, 2.45) is 0 Å². The number of hydrogen-bond donors (Lipinski definition) is 0. The highest BCUT2D eigenvalue weighted by Crippen LogP contribution is 2.31. The summed E-state index contributed by atoms with van der Waals surface area (Å²) >= 11 is 0. The van der Waals surface area contributed by atoms with E-state index < -0.39 is 0 Å². The van der Waals surface area contributed by atoms with E-state index in [9.17, 15) is 0 Å². The van der Waals surface area contributed by atoms with Crippen molar-refractivity contribution < 1.29 is 9.47 Å². The van der Waals surface area contributed by atoms with Gasteiger partial charge in [0.05, 0.1) is 25.6 Å². The smallest absolute Gasteiger partial charge is 0.221 e. The van der Waals surface area contributed by atoms with E-state index in [-0.39, 0.29) is 0 Å². The van der Waals surface area contributed by atoms with E-state index in [1.807, 2.05) is 54.6 Å². The zero-order valence-electron chi connectivity index (χ0n) is 12.5. The van der Waals surface area contributed by atoms with E-state index in [0.29, 0.717) is 5.88 Å². The fourth-order valence-electron chi connectivity index (χ4n) is 2.24. The molecule has 0 fully saturated rings. The van der Waals surface area contributed by atoms with Crippen LogP contribution in [0.25, 0.3) is 22.5 Å². The van der Waals surface area contributed by atoms with Gasteiger partial charge >= 0.3 is 0 Å². The number of pyridine rings is 2. The highest BCUT2D eigenvalue weighted by molar-refractivity contribution is 5.71. The summed E-state index contributed by atoms with van der Waals surface area (Å²) in [5.41, 5.74) is 3.57. The van der Waals surface area contributed by atoms with Gasteiger partial charge in [-0.05, 0) is 42.0 Å². The van der Waals surface area contributed by atoms with Crippen molar-refractivity contribution in [1.29, 1.82) is 0 Å². The van der Waals surface area contributed by atoms with Crippen LogP contribution in [-0.4, -0.2) is 24.2 Å². The van der Waals surface area contributed by atoms with E-state index in [1.54, 1.807) is 20.4 Å². The third-order valence-electron chi connectivity index (χ3n) is 3.38. The SMILES string of the molecule is COc1ccc(-c2ccc(-c3ccccn3)nc2OC)cc1. The van der Waals surface area contributed by atoms with E-state index in [0.717, 1.165) is 28.3 Å². The summed E-state index contributed by atoms with van der Waals surface area (Å²) in [6.07, 6.45) is 1.75. The summed E-state index contributed by atoms with van der Waals surface area (Å²) in [6, 6.07) is 17.5. The molecule has 0 spiro atoms. The monoisotopic (exact) mass is 292 g/mol. The predicted octanol–water partition coefficient (Wildman–Crippen LogP) is 3.83. The third-order valence-corrected chi connectivity index (χ3v) is 3.38. The maximum Gasteiger partial charge on any atom is 0.221 e. The minimum atomic E-state index is 0.577. The maximum atomic E-state index is 5.45.